The lowest BCUT2D eigenvalue weighted by atomic mass is 10.2. The molecule has 2 rings (SSSR count). The highest BCUT2D eigenvalue weighted by molar-refractivity contribution is 6.29. The van der Waals surface area contributed by atoms with E-state index < -0.39 is 5.97 Å². The van der Waals surface area contributed by atoms with Gasteiger partial charge in [0, 0.05) is 12.7 Å². The summed E-state index contributed by atoms with van der Waals surface area (Å²) >= 11 is 5.76. The van der Waals surface area contributed by atoms with Gasteiger partial charge < -0.3 is 10.4 Å². The highest BCUT2D eigenvalue weighted by Gasteiger charge is 2.12. The molecular formula is C11H11ClN4O2. The minimum absolute atomic E-state index is 0.0589. The van der Waals surface area contributed by atoms with Crippen molar-refractivity contribution in [3.63, 3.8) is 0 Å². The lowest BCUT2D eigenvalue weighted by Crippen LogP contribution is -2.04. The van der Waals surface area contributed by atoms with Gasteiger partial charge in [-0.2, -0.15) is 5.10 Å². The van der Waals surface area contributed by atoms with Gasteiger partial charge >= 0.3 is 5.97 Å². The predicted octanol–water partition coefficient (Wildman–Crippen LogP) is 2.39. The van der Waals surface area contributed by atoms with E-state index in [2.05, 4.69) is 15.4 Å². The lowest BCUT2D eigenvalue weighted by Gasteiger charge is -2.06. The van der Waals surface area contributed by atoms with Gasteiger partial charge in [0.25, 0.3) is 0 Å². The van der Waals surface area contributed by atoms with E-state index >= 15 is 0 Å². The summed E-state index contributed by atoms with van der Waals surface area (Å²) in [5, 5.41) is 16.2. The Balaban J connectivity index is 2.32. The largest absolute Gasteiger partial charge is 0.478 e. The number of pyridine rings is 1. The number of halogens is 1. The van der Waals surface area contributed by atoms with Crippen LogP contribution < -0.4 is 5.32 Å². The van der Waals surface area contributed by atoms with Crippen LogP contribution in [0.25, 0.3) is 0 Å². The number of aromatic nitrogens is 3. The summed E-state index contributed by atoms with van der Waals surface area (Å²) in [6.45, 7) is 2.69. The monoisotopic (exact) mass is 266 g/mol. The van der Waals surface area contributed by atoms with Crippen LogP contribution in [0.2, 0.25) is 5.15 Å². The van der Waals surface area contributed by atoms with Gasteiger partial charge in [0.05, 0.1) is 11.9 Å². The average Bonchev–Trinajstić information content (AvgIpc) is 2.76. The highest BCUT2D eigenvalue weighted by atomic mass is 35.5. The third-order valence-corrected chi connectivity index (χ3v) is 2.52. The zero-order valence-corrected chi connectivity index (χ0v) is 10.3. The van der Waals surface area contributed by atoms with Gasteiger partial charge in [-0.1, -0.05) is 11.6 Å². The lowest BCUT2D eigenvalue weighted by molar-refractivity contribution is 0.0697. The van der Waals surface area contributed by atoms with Crippen LogP contribution in [0.4, 0.5) is 11.5 Å². The molecule has 0 fully saturated rings. The summed E-state index contributed by atoms with van der Waals surface area (Å²) in [5.74, 6) is -0.866. The molecule has 18 heavy (non-hydrogen) atoms. The van der Waals surface area contributed by atoms with E-state index in [1.807, 2.05) is 6.92 Å². The Morgan fingerprint density at radius 1 is 1.56 bits per heavy atom. The molecular weight excluding hydrogens is 256 g/mol. The normalized spacial score (nSPS) is 10.3. The summed E-state index contributed by atoms with van der Waals surface area (Å²) < 4.78 is 1.72. The number of hydrogen-bond donors (Lipinski definition) is 2. The third-order valence-electron chi connectivity index (χ3n) is 2.31. The molecule has 94 valence electrons. The fourth-order valence-electron chi connectivity index (χ4n) is 1.44. The first kappa shape index (κ1) is 12.4. The van der Waals surface area contributed by atoms with Crippen molar-refractivity contribution in [1.29, 1.82) is 0 Å². The Bertz CT molecular complexity index is 582. The first-order valence-corrected chi connectivity index (χ1v) is 5.67. The van der Waals surface area contributed by atoms with E-state index in [0.29, 0.717) is 5.69 Å². The van der Waals surface area contributed by atoms with Gasteiger partial charge in [-0.3, -0.25) is 4.68 Å². The first-order valence-electron chi connectivity index (χ1n) is 5.29. The number of hydrogen-bond acceptors (Lipinski definition) is 4. The summed E-state index contributed by atoms with van der Waals surface area (Å²) in [6, 6.07) is 2.84. The van der Waals surface area contributed by atoms with E-state index in [9.17, 15) is 4.79 Å². The molecule has 6 nitrogen and oxygen atoms in total. The van der Waals surface area contributed by atoms with Crippen LogP contribution in [-0.2, 0) is 6.54 Å². The smallest absolute Gasteiger partial charge is 0.339 e. The number of anilines is 2. The highest BCUT2D eigenvalue weighted by Crippen LogP contribution is 2.20. The second kappa shape index (κ2) is 5.05. The Hall–Kier alpha value is -2.08. The molecule has 0 amide bonds. The molecule has 0 aliphatic carbocycles. The van der Waals surface area contributed by atoms with Crippen molar-refractivity contribution in [2.24, 2.45) is 0 Å². The third kappa shape index (κ3) is 2.60. The van der Waals surface area contributed by atoms with Crippen molar-refractivity contribution < 1.29 is 9.90 Å². The molecule has 2 aromatic heterocycles. The number of carboxylic acid groups (broad SMARTS) is 1. The van der Waals surface area contributed by atoms with Crippen molar-refractivity contribution in [3.05, 3.63) is 35.2 Å². The Labute approximate surface area is 108 Å². The predicted molar refractivity (Wildman–Crippen MR) is 67.4 cm³/mol. The summed E-state index contributed by atoms with van der Waals surface area (Å²) in [6.07, 6.45) is 3.35. The van der Waals surface area contributed by atoms with Gasteiger partial charge in [0.1, 0.15) is 16.5 Å². The zero-order chi connectivity index (χ0) is 13.1. The number of carbonyl (C=O) groups is 1. The SMILES string of the molecule is CCn1cc(Nc2nc(Cl)ccc2C(=O)O)cn1. The molecule has 0 bridgehead atoms. The fraction of sp³-hybridized carbons (Fsp3) is 0.182. The average molecular weight is 267 g/mol. The molecule has 2 heterocycles. The van der Waals surface area contributed by atoms with Crippen LogP contribution in [-0.4, -0.2) is 25.8 Å². The van der Waals surface area contributed by atoms with Gasteiger partial charge in [0.2, 0.25) is 0 Å². The number of nitrogens with one attached hydrogen (secondary N) is 1. The van der Waals surface area contributed by atoms with Crippen molar-refractivity contribution in [2.45, 2.75) is 13.5 Å². The summed E-state index contributed by atoms with van der Waals surface area (Å²) in [7, 11) is 0. The van der Waals surface area contributed by atoms with Crippen LogP contribution in [0, 0.1) is 0 Å². The number of carboxylic acids is 1. The molecule has 0 unspecified atom stereocenters. The molecule has 0 saturated heterocycles. The van der Waals surface area contributed by atoms with E-state index in [-0.39, 0.29) is 16.5 Å². The van der Waals surface area contributed by atoms with Crippen LogP contribution in [0.3, 0.4) is 0 Å². The summed E-state index contributed by atoms with van der Waals surface area (Å²) in [4.78, 5) is 15.0. The number of aromatic carboxylic acids is 1. The molecule has 2 aromatic rings. The van der Waals surface area contributed by atoms with Gasteiger partial charge in [-0.15, -0.1) is 0 Å². The summed E-state index contributed by atoms with van der Waals surface area (Å²) in [5.41, 5.74) is 0.720. The number of aryl methyl sites for hydroxylation is 1. The fourth-order valence-corrected chi connectivity index (χ4v) is 1.59. The molecule has 0 aromatic carbocycles. The molecule has 7 heteroatoms. The van der Waals surface area contributed by atoms with Crippen molar-refractivity contribution >= 4 is 29.1 Å². The van der Waals surface area contributed by atoms with E-state index in [1.165, 1.54) is 12.1 Å². The second-order valence-electron chi connectivity index (χ2n) is 3.54. The Kier molecular flexibility index (Phi) is 3.47. The van der Waals surface area contributed by atoms with Crippen LogP contribution in [0.5, 0.6) is 0 Å². The topological polar surface area (TPSA) is 80.0 Å². The minimum Gasteiger partial charge on any atom is -0.478 e. The van der Waals surface area contributed by atoms with E-state index in [0.717, 1.165) is 6.54 Å². The van der Waals surface area contributed by atoms with Gasteiger partial charge in [0.15, 0.2) is 0 Å². The quantitative estimate of drug-likeness (QED) is 0.831. The maximum atomic E-state index is 11.0. The van der Waals surface area contributed by atoms with Crippen molar-refractivity contribution in [1.82, 2.24) is 14.8 Å². The molecule has 2 N–H and O–H groups in total. The molecule has 0 aliphatic heterocycles. The minimum atomic E-state index is -1.07. The van der Waals surface area contributed by atoms with Gasteiger partial charge in [-0.25, -0.2) is 9.78 Å². The van der Waals surface area contributed by atoms with Crippen molar-refractivity contribution in [2.75, 3.05) is 5.32 Å². The van der Waals surface area contributed by atoms with Crippen LogP contribution in [0.15, 0.2) is 24.5 Å². The Morgan fingerprint density at radius 2 is 2.33 bits per heavy atom. The maximum Gasteiger partial charge on any atom is 0.339 e. The molecule has 0 atom stereocenters. The first-order chi connectivity index (χ1) is 8.60. The van der Waals surface area contributed by atoms with Crippen LogP contribution >= 0.6 is 11.6 Å². The second-order valence-corrected chi connectivity index (χ2v) is 3.93. The maximum absolute atomic E-state index is 11.0. The van der Waals surface area contributed by atoms with E-state index in [1.54, 1.807) is 17.1 Å². The number of nitrogens with zero attached hydrogens (tertiary/aromatic N) is 3. The Morgan fingerprint density at radius 3 is 2.94 bits per heavy atom. The molecule has 0 aliphatic rings. The molecule has 0 radical (unpaired) electrons. The van der Waals surface area contributed by atoms with Crippen LogP contribution in [0.1, 0.15) is 17.3 Å². The standard InChI is InChI=1S/C11H11ClN4O2/c1-2-16-6-7(5-13-16)14-10-8(11(17)18)3-4-9(12)15-10/h3-6H,2H2,1H3,(H,14,15)(H,17,18). The van der Waals surface area contributed by atoms with E-state index in [4.69, 9.17) is 16.7 Å². The molecule has 0 spiro atoms. The number of rotatable bonds is 4. The van der Waals surface area contributed by atoms with Crippen molar-refractivity contribution in [3.8, 4) is 0 Å². The van der Waals surface area contributed by atoms with Gasteiger partial charge in [-0.05, 0) is 19.1 Å². The molecule has 0 saturated carbocycles. The zero-order valence-electron chi connectivity index (χ0n) is 9.59.